The van der Waals surface area contributed by atoms with E-state index in [1.807, 2.05) is 6.92 Å². The van der Waals surface area contributed by atoms with Gasteiger partial charge in [-0.2, -0.15) is 0 Å². The smallest absolute Gasteiger partial charge is 0.336 e. The van der Waals surface area contributed by atoms with Gasteiger partial charge >= 0.3 is 5.97 Å². The van der Waals surface area contributed by atoms with Gasteiger partial charge in [-0.15, -0.1) is 11.3 Å². The van der Waals surface area contributed by atoms with Crippen molar-refractivity contribution in [3.8, 4) is 0 Å². The summed E-state index contributed by atoms with van der Waals surface area (Å²) in [6.45, 7) is 1.97. The lowest BCUT2D eigenvalue weighted by atomic mass is 10.2. The topological polar surface area (TPSA) is 96.4 Å². The average molecular weight is 312 g/mol. The number of rotatable bonds is 5. The Labute approximate surface area is 120 Å². The van der Waals surface area contributed by atoms with E-state index < -0.39 is 16.0 Å². The van der Waals surface area contributed by atoms with Gasteiger partial charge in [-0.1, -0.05) is 0 Å². The molecule has 0 saturated carbocycles. The predicted octanol–water partition coefficient (Wildman–Crippen LogP) is 1.63. The Morgan fingerprint density at radius 2 is 2.25 bits per heavy atom. The number of hydrogen-bond acceptors (Lipinski definition) is 5. The Kier molecular flexibility index (Phi) is 4.17. The molecule has 6 nitrogen and oxygen atoms in total. The summed E-state index contributed by atoms with van der Waals surface area (Å²) >= 11 is 0.877. The number of nitrogens with one attached hydrogen (secondary N) is 1. The van der Waals surface area contributed by atoms with E-state index in [0.717, 1.165) is 28.5 Å². The van der Waals surface area contributed by atoms with Crippen LogP contribution in [-0.4, -0.2) is 24.5 Å². The maximum atomic E-state index is 12.0. The van der Waals surface area contributed by atoms with E-state index in [0.29, 0.717) is 0 Å². The Balaban J connectivity index is 2.15. The molecule has 2 aromatic heterocycles. The second-order valence-corrected chi connectivity index (χ2v) is 6.99. The van der Waals surface area contributed by atoms with Crippen molar-refractivity contribution < 1.29 is 18.3 Å². The lowest BCUT2D eigenvalue weighted by molar-refractivity contribution is 0.0697. The van der Waals surface area contributed by atoms with Crippen LogP contribution in [0.4, 0.5) is 0 Å². The Morgan fingerprint density at radius 3 is 2.85 bits per heavy atom. The summed E-state index contributed by atoms with van der Waals surface area (Å²) in [6, 6.07) is 2.93. The molecular weight excluding hydrogens is 300 g/mol. The third-order valence-electron chi connectivity index (χ3n) is 2.69. The van der Waals surface area contributed by atoms with Gasteiger partial charge in [-0.3, -0.25) is 4.98 Å². The fourth-order valence-corrected chi connectivity index (χ4v) is 3.70. The number of nitrogens with zero attached hydrogens (tertiary/aromatic N) is 1. The Bertz CT molecular complexity index is 737. The van der Waals surface area contributed by atoms with Gasteiger partial charge in [0.05, 0.1) is 5.56 Å². The van der Waals surface area contributed by atoms with E-state index in [2.05, 4.69) is 9.71 Å². The zero-order valence-electron chi connectivity index (χ0n) is 10.5. The molecule has 2 rings (SSSR count). The SMILES string of the molecule is Cc1ccncc1CNS(=O)(=O)c1cc(C(=O)O)cs1. The van der Waals surface area contributed by atoms with Crippen LogP contribution >= 0.6 is 11.3 Å². The minimum Gasteiger partial charge on any atom is -0.478 e. The summed E-state index contributed by atoms with van der Waals surface area (Å²) in [5.41, 5.74) is 1.67. The van der Waals surface area contributed by atoms with Crippen LogP contribution in [0, 0.1) is 6.92 Å². The van der Waals surface area contributed by atoms with Crippen LogP contribution < -0.4 is 4.72 Å². The van der Waals surface area contributed by atoms with Crippen LogP contribution in [0.15, 0.2) is 34.1 Å². The number of carbonyl (C=O) groups is 1. The first-order chi connectivity index (χ1) is 9.40. The van der Waals surface area contributed by atoms with Crippen LogP contribution in [0.3, 0.4) is 0 Å². The number of aromatic nitrogens is 1. The number of aryl methyl sites for hydroxylation is 1. The molecule has 2 N–H and O–H groups in total. The van der Waals surface area contributed by atoms with Crippen molar-refractivity contribution >= 4 is 27.3 Å². The predicted molar refractivity (Wildman–Crippen MR) is 74.3 cm³/mol. The van der Waals surface area contributed by atoms with Crippen LogP contribution in [0.1, 0.15) is 21.5 Å². The molecule has 8 heteroatoms. The maximum absolute atomic E-state index is 12.0. The molecule has 0 bridgehead atoms. The van der Waals surface area contributed by atoms with Crippen LogP contribution in [-0.2, 0) is 16.6 Å². The second kappa shape index (κ2) is 5.70. The molecule has 0 spiro atoms. The maximum Gasteiger partial charge on any atom is 0.336 e. The minimum atomic E-state index is -3.71. The lowest BCUT2D eigenvalue weighted by Gasteiger charge is -2.06. The number of carboxylic acids is 1. The van der Waals surface area contributed by atoms with E-state index >= 15 is 0 Å². The molecule has 0 atom stereocenters. The molecule has 2 aromatic rings. The highest BCUT2D eigenvalue weighted by molar-refractivity contribution is 7.91. The first kappa shape index (κ1) is 14.6. The van der Waals surface area contributed by atoms with E-state index in [-0.39, 0.29) is 16.3 Å². The van der Waals surface area contributed by atoms with Crippen molar-refractivity contribution in [2.24, 2.45) is 0 Å². The highest BCUT2D eigenvalue weighted by Gasteiger charge is 2.18. The fraction of sp³-hybridized carbons (Fsp3) is 0.167. The molecule has 2 heterocycles. The van der Waals surface area contributed by atoms with Gasteiger partial charge in [0, 0.05) is 24.3 Å². The average Bonchev–Trinajstić information content (AvgIpc) is 2.88. The molecule has 0 amide bonds. The number of aromatic carboxylic acids is 1. The summed E-state index contributed by atoms with van der Waals surface area (Å²) in [4.78, 5) is 14.7. The summed E-state index contributed by atoms with van der Waals surface area (Å²) in [5.74, 6) is -1.15. The normalized spacial score (nSPS) is 11.4. The van der Waals surface area contributed by atoms with Gasteiger partial charge in [0.2, 0.25) is 10.0 Å². The molecule has 106 valence electrons. The number of thiophene rings is 1. The van der Waals surface area contributed by atoms with Gasteiger partial charge in [-0.25, -0.2) is 17.9 Å². The molecule has 0 radical (unpaired) electrons. The van der Waals surface area contributed by atoms with Gasteiger partial charge in [-0.05, 0) is 30.2 Å². The third kappa shape index (κ3) is 3.21. The first-order valence-corrected chi connectivity index (χ1v) is 7.97. The lowest BCUT2D eigenvalue weighted by Crippen LogP contribution is -2.22. The fourth-order valence-electron chi connectivity index (χ4n) is 1.50. The largest absolute Gasteiger partial charge is 0.478 e. The molecule has 0 aliphatic rings. The number of hydrogen-bond donors (Lipinski definition) is 2. The number of sulfonamides is 1. The minimum absolute atomic E-state index is 0.0172. The van der Waals surface area contributed by atoms with Gasteiger partial charge in [0.25, 0.3) is 0 Å². The summed E-state index contributed by atoms with van der Waals surface area (Å²) in [6.07, 6.45) is 3.22. The molecule has 20 heavy (non-hydrogen) atoms. The molecule has 0 unspecified atom stereocenters. The van der Waals surface area contributed by atoms with E-state index in [1.165, 1.54) is 5.38 Å². The number of carboxylic acid groups (broad SMARTS) is 1. The monoisotopic (exact) mass is 312 g/mol. The number of pyridine rings is 1. The van der Waals surface area contributed by atoms with Gasteiger partial charge in [0.1, 0.15) is 4.21 Å². The molecule has 0 fully saturated rings. The zero-order chi connectivity index (χ0) is 14.8. The van der Waals surface area contributed by atoms with Crippen LogP contribution in [0.25, 0.3) is 0 Å². The first-order valence-electron chi connectivity index (χ1n) is 5.61. The van der Waals surface area contributed by atoms with Gasteiger partial charge < -0.3 is 5.11 Å². The van der Waals surface area contributed by atoms with Crippen LogP contribution in [0.2, 0.25) is 0 Å². The quantitative estimate of drug-likeness (QED) is 0.874. The van der Waals surface area contributed by atoms with E-state index in [4.69, 9.17) is 5.11 Å². The van der Waals surface area contributed by atoms with E-state index in [1.54, 1.807) is 18.5 Å². The van der Waals surface area contributed by atoms with E-state index in [9.17, 15) is 13.2 Å². The highest BCUT2D eigenvalue weighted by atomic mass is 32.2. The van der Waals surface area contributed by atoms with Crippen LogP contribution in [0.5, 0.6) is 0 Å². The molecule has 0 aromatic carbocycles. The highest BCUT2D eigenvalue weighted by Crippen LogP contribution is 2.20. The standard InChI is InChI=1S/C12H12N2O4S2/c1-8-2-3-13-5-10(8)6-14-20(17,18)11-4-9(7-19-11)12(15)16/h2-5,7,14H,6H2,1H3,(H,15,16). The molecule has 0 aliphatic carbocycles. The summed E-state index contributed by atoms with van der Waals surface area (Å²) < 4.78 is 26.5. The van der Waals surface area contributed by atoms with Crippen molar-refractivity contribution in [2.75, 3.05) is 0 Å². The van der Waals surface area contributed by atoms with Gasteiger partial charge in [0.15, 0.2) is 0 Å². The molecule has 0 aliphatic heterocycles. The summed E-state index contributed by atoms with van der Waals surface area (Å²) in [7, 11) is -3.71. The molecular formula is C12H12N2O4S2. The summed E-state index contributed by atoms with van der Waals surface area (Å²) in [5, 5.41) is 10.1. The van der Waals surface area contributed by atoms with Crippen molar-refractivity contribution in [3.05, 3.63) is 46.6 Å². The van der Waals surface area contributed by atoms with Crippen molar-refractivity contribution in [1.82, 2.24) is 9.71 Å². The second-order valence-electron chi connectivity index (χ2n) is 4.09. The third-order valence-corrected chi connectivity index (χ3v) is 5.53. The van der Waals surface area contributed by atoms with Crippen molar-refractivity contribution in [1.29, 1.82) is 0 Å². The Morgan fingerprint density at radius 1 is 1.50 bits per heavy atom. The zero-order valence-corrected chi connectivity index (χ0v) is 12.2. The van der Waals surface area contributed by atoms with Crippen molar-refractivity contribution in [2.45, 2.75) is 17.7 Å². The van der Waals surface area contributed by atoms with Crippen molar-refractivity contribution in [3.63, 3.8) is 0 Å². The Hall–Kier alpha value is -1.77. The molecule has 0 saturated heterocycles.